The molecular weight excluding hydrogens is 420 g/mol. The Hall–Kier alpha value is -2.12. The molecule has 2 unspecified atom stereocenters. The molecule has 2 bridgehead atoms. The Bertz CT molecular complexity index is 810. The van der Waals surface area contributed by atoms with Crippen molar-refractivity contribution in [1.82, 2.24) is 15.2 Å². The molecule has 2 fully saturated rings. The van der Waals surface area contributed by atoms with Gasteiger partial charge in [0.1, 0.15) is 5.75 Å². The topological polar surface area (TPSA) is 57.7 Å². The highest BCUT2D eigenvalue weighted by Crippen LogP contribution is 2.37. The summed E-state index contributed by atoms with van der Waals surface area (Å²) in [6.45, 7) is 13.8. The first kappa shape index (κ1) is 26.1. The highest BCUT2D eigenvalue weighted by molar-refractivity contribution is 7.15. The normalized spacial score (nSPS) is 20.4. The maximum absolute atomic E-state index is 10.9. The molecule has 7 heteroatoms. The van der Waals surface area contributed by atoms with E-state index in [9.17, 15) is 4.79 Å². The average Bonchev–Trinajstić information content (AvgIpc) is 3.38. The van der Waals surface area contributed by atoms with Crippen molar-refractivity contribution in [3.63, 3.8) is 0 Å². The Balaban J connectivity index is 0.000000237. The largest absolute Gasteiger partial charge is 0.496 e. The zero-order valence-corrected chi connectivity index (χ0v) is 21.4. The minimum absolute atomic E-state index is 0.619. The predicted molar refractivity (Wildman–Crippen MR) is 135 cm³/mol. The number of fused-ring (bicyclic) bond motifs is 3. The smallest absolute Gasteiger partial charge is 0.210 e. The van der Waals surface area contributed by atoms with Gasteiger partial charge in [0.25, 0.3) is 0 Å². The van der Waals surface area contributed by atoms with E-state index in [0.29, 0.717) is 12.1 Å². The van der Waals surface area contributed by atoms with E-state index in [1.807, 2.05) is 63.8 Å². The molecule has 1 aromatic carbocycles. The number of nitrogens with one attached hydrogen (secondary N) is 1. The highest BCUT2D eigenvalue weighted by Gasteiger charge is 2.38. The lowest BCUT2D eigenvalue weighted by molar-refractivity contribution is -0.118. The van der Waals surface area contributed by atoms with Gasteiger partial charge >= 0.3 is 0 Å². The molecule has 0 radical (unpaired) electrons. The number of para-hydroxylation sites is 1. The third-order valence-electron chi connectivity index (χ3n) is 5.81. The Kier molecular flexibility index (Phi) is 11.0. The number of thiazole rings is 1. The van der Waals surface area contributed by atoms with Crippen molar-refractivity contribution in [3.05, 3.63) is 40.4 Å². The van der Waals surface area contributed by atoms with Crippen LogP contribution in [-0.4, -0.2) is 55.1 Å². The van der Waals surface area contributed by atoms with E-state index in [-0.39, 0.29) is 0 Å². The fourth-order valence-electron chi connectivity index (χ4n) is 4.28. The zero-order valence-electron chi connectivity index (χ0n) is 20.6. The average molecular weight is 461 g/mol. The third kappa shape index (κ3) is 6.23. The molecule has 6 nitrogen and oxygen atoms in total. The minimum atomic E-state index is 0.619. The first-order valence-electron chi connectivity index (χ1n) is 12.0. The number of amides is 1. The summed E-state index contributed by atoms with van der Waals surface area (Å²) in [5.41, 5.74) is 2.40. The van der Waals surface area contributed by atoms with Gasteiger partial charge in [-0.3, -0.25) is 4.79 Å². The maximum Gasteiger partial charge on any atom is 0.210 e. The van der Waals surface area contributed by atoms with Gasteiger partial charge in [0, 0.05) is 43.0 Å². The molecule has 3 aliphatic rings. The Morgan fingerprint density at radius 2 is 1.78 bits per heavy atom. The van der Waals surface area contributed by atoms with Gasteiger partial charge in [0.2, 0.25) is 6.41 Å². The molecule has 5 rings (SSSR count). The SMILES string of the molecule is CC.CC.COc1ccccc1C.O=CN1CCc2nc(N3C4CCC3CNC4)sc2C1. The minimum Gasteiger partial charge on any atom is -0.496 e. The van der Waals surface area contributed by atoms with Crippen LogP contribution in [0, 0.1) is 6.92 Å². The molecule has 0 aliphatic carbocycles. The van der Waals surface area contributed by atoms with E-state index in [4.69, 9.17) is 9.72 Å². The number of anilines is 1. The van der Waals surface area contributed by atoms with Crippen LogP contribution < -0.4 is 15.0 Å². The molecule has 1 aromatic heterocycles. The van der Waals surface area contributed by atoms with Crippen LogP contribution in [0.3, 0.4) is 0 Å². The molecule has 3 aliphatic heterocycles. The molecule has 32 heavy (non-hydrogen) atoms. The van der Waals surface area contributed by atoms with Gasteiger partial charge in [-0.25, -0.2) is 4.98 Å². The lowest BCUT2D eigenvalue weighted by Gasteiger charge is -2.35. The number of aromatic nitrogens is 1. The molecule has 178 valence electrons. The number of carbonyl (C=O) groups is 1. The second-order valence-electron chi connectivity index (χ2n) is 7.61. The van der Waals surface area contributed by atoms with Crippen LogP contribution in [0.4, 0.5) is 5.13 Å². The summed E-state index contributed by atoms with van der Waals surface area (Å²) < 4.78 is 5.04. The third-order valence-corrected chi connectivity index (χ3v) is 6.91. The van der Waals surface area contributed by atoms with Gasteiger partial charge in [-0.1, -0.05) is 57.2 Å². The lowest BCUT2D eigenvalue weighted by Crippen LogP contribution is -2.51. The quantitative estimate of drug-likeness (QED) is 0.676. The van der Waals surface area contributed by atoms with Crippen LogP contribution in [-0.2, 0) is 17.8 Å². The highest BCUT2D eigenvalue weighted by atomic mass is 32.1. The van der Waals surface area contributed by atoms with Crippen molar-refractivity contribution < 1.29 is 9.53 Å². The number of methoxy groups -OCH3 is 1. The van der Waals surface area contributed by atoms with Crippen LogP contribution in [0.5, 0.6) is 5.75 Å². The molecule has 4 heterocycles. The van der Waals surface area contributed by atoms with Crippen molar-refractivity contribution in [2.75, 3.05) is 31.6 Å². The number of hydrogen-bond acceptors (Lipinski definition) is 6. The summed E-state index contributed by atoms with van der Waals surface area (Å²) >= 11 is 1.79. The number of nitrogens with zero attached hydrogens (tertiary/aromatic N) is 3. The molecular formula is C25H40N4O2S. The molecule has 0 spiro atoms. The summed E-state index contributed by atoms with van der Waals surface area (Å²) in [6.07, 6.45) is 4.42. The summed E-state index contributed by atoms with van der Waals surface area (Å²) in [7, 11) is 1.68. The molecule has 1 amide bonds. The van der Waals surface area contributed by atoms with Crippen LogP contribution in [0.2, 0.25) is 0 Å². The van der Waals surface area contributed by atoms with Gasteiger partial charge in [-0.15, -0.1) is 0 Å². The molecule has 2 aromatic rings. The summed E-state index contributed by atoms with van der Waals surface area (Å²) in [6, 6.07) is 9.18. The van der Waals surface area contributed by atoms with E-state index in [1.165, 1.54) is 34.1 Å². The van der Waals surface area contributed by atoms with Crippen LogP contribution >= 0.6 is 11.3 Å². The molecule has 0 saturated carbocycles. The van der Waals surface area contributed by atoms with Gasteiger partial charge in [-0.2, -0.15) is 0 Å². The monoisotopic (exact) mass is 460 g/mol. The number of rotatable bonds is 3. The predicted octanol–water partition coefficient (Wildman–Crippen LogP) is 4.65. The Labute approximate surface area is 198 Å². The van der Waals surface area contributed by atoms with E-state index in [2.05, 4.69) is 10.2 Å². The van der Waals surface area contributed by atoms with Gasteiger partial charge in [-0.05, 0) is 31.4 Å². The first-order chi connectivity index (χ1) is 15.7. The summed E-state index contributed by atoms with van der Waals surface area (Å²) in [5.74, 6) is 0.956. The Morgan fingerprint density at radius 1 is 1.12 bits per heavy atom. The number of aryl methyl sites for hydroxylation is 1. The van der Waals surface area contributed by atoms with Crippen LogP contribution in [0.15, 0.2) is 24.3 Å². The van der Waals surface area contributed by atoms with E-state index in [1.54, 1.807) is 18.4 Å². The van der Waals surface area contributed by atoms with Crippen molar-refractivity contribution in [1.29, 1.82) is 0 Å². The van der Waals surface area contributed by atoms with E-state index >= 15 is 0 Å². The van der Waals surface area contributed by atoms with E-state index < -0.39 is 0 Å². The second-order valence-corrected chi connectivity index (χ2v) is 8.67. The van der Waals surface area contributed by atoms with Crippen molar-refractivity contribution in [2.24, 2.45) is 0 Å². The summed E-state index contributed by atoms with van der Waals surface area (Å²) in [4.78, 5) is 21.4. The number of benzene rings is 1. The van der Waals surface area contributed by atoms with Crippen molar-refractivity contribution in [2.45, 2.75) is 72.5 Å². The lowest BCUT2D eigenvalue weighted by atomic mass is 10.2. The van der Waals surface area contributed by atoms with Gasteiger partial charge in [0.15, 0.2) is 5.13 Å². The van der Waals surface area contributed by atoms with Crippen molar-refractivity contribution >= 4 is 22.9 Å². The standard InChI is InChI=1S/C13H18N4OS.C8H10O.2C2H6/c18-8-16-4-3-11-12(7-16)19-13(15-11)17-9-1-2-10(17)6-14-5-9;1-7-5-3-4-6-8(7)9-2;2*1-2/h8-10,14H,1-7H2;3-6H,1-2H3;2*1-2H3. The second kappa shape index (κ2) is 13.4. The van der Waals surface area contributed by atoms with Crippen LogP contribution in [0.1, 0.15) is 56.7 Å². The fourth-order valence-corrected chi connectivity index (χ4v) is 5.55. The number of piperazine rings is 1. The van der Waals surface area contributed by atoms with Gasteiger partial charge < -0.3 is 19.9 Å². The van der Waals surface area contributed by atoms with Crippen molar-refractivity contribution in [3.8, 4) is 5.75 Å². The number of carbonyl (C=O) groups excluding carboxylic acids is 1. The zero-order chi connectivity index (χ0) is 23.5. The van der Waals surface area contributed by atoms with Gasteiger partial charge in [0.05, 0.1) is 19.3 Å². The number of hydrogen-bond donors (Lipinski definition) is 1. The van der Waals surface area contributed by atoms with E-state index in [0.717, 1.165) is 44.8 Å². The molecule has 1 N–H and O–H groups in total. The Morgan fingerprint density at radius 3 is 2.34 bits per heavy atom. The first-order valence-corrected chi connectivity index (χ1v) is 12.8. The molecule has 2 atom stereocenters. The maximum atomic E-state index is 10.9. The number of ether oxygens (including phenoxy) is 1. The fraction of sp³-hybridized carbons (Fsp3) is 0.600. The summed E-state index contributed by atoms with van der Waals surface area (Å²) in [5, 5.41) is 4.69. The van der Waals surface area contributed by atoms with Crippen LogP contribution in [0.25, 0.3) is 0 Å². The molecule has 2 saturated heterocycles.